The van der Waals surface area contributed by atoms with Crippen LogP contribution in [0.5, 0.6) is 0 Å². The first kappa shape index (κ1) is 14.4. The summed E-state index contributed by atoms with van der Waals surface area (Å²) in [6, 6.07) is 8.11. The standard InChI is InChI=1S/C13H16FN3O2S/c1-17-7-3-4-11(17)9-15-10-5-6-12(14)13(8-10)16-20(2,18)19/h3-8,15-16H,9H2,1-2H3. The van der Waals surface area contributed by atoms with Crippen molar-refractivity contribution in [2.45, 2.75) is 6.54 Å². The maximum atomic E-state index is 13.5. The Hall–Kier alpha value is -2.02. The number of halogens is 1. The Kier molecular flexibility index (Phi) is 3.99. The van der Waals surface area contributed by atoms with Gasteiger partial charge in [-0.3, -0.25) is 4.72 Å². The Morgan fingerprint density at radius 1 is 1.30 bits per heavy atom. The molecule has 0 saturated carbocycles. The van der Waals surface area contributed by atoms with Crippen molar-refractivity contribution >= 4 is 21.4 Å². The third-order valence-corrected chi connectivity index (χ3v) is 3.38. The van der Waals surface area contributed by atoms with Gasteiger partial charge in [-0.15, -0.1) is 0 Å². The van der Waals surface area contributed by atoms with Gasteiger partial charge < -0.3 is 9.88 Å². The first-order valence-corrected chi connectivity index (χ1v) is 7.86. The van der Waals surface area contributed by atoms with Crippen molar-refractivity contribution in [2.24, 2.45) is 7.05 Å². The monoisotopic (exact) mass is 297 g/mol. The zero-order valence-electron chi connectivity index (χ0n) is 11.2. The first-order chi connectivity index (χ1) is 9.35. The Morgan fingerprint density at radius 2 is 2.05 bits per heavy atom. The number of aryl methyl sites for hydroxylation is 1. The average Bonchev–Trinajstić information content (AvgIpc) is 2.74. The number of sulfonamides is 1. The van der Waals surface area contributed by atoms with Gasteiger partial charge in [0.15, 0.2) is 0 Å². The molecule has 7 heteroatoms. The van der Waals surface area contributed by atoms with Crippen LogP contribution in [0, 0.1) is 5.82 Å². The Morgan fingerprint density at radius 3 is 2.65 bits per heavy atom. The predicted molar refractivity (Wildman–Crippen MR) is 77.6 cm³/mol. The summed E-state index contributed by atoms with van der Waals surface area (Å²) in [7, 11) is -1.57. The highest BCUT2D eigenvalue weighted by molar-refractivity contribution is 7.92. The second-order valence-corrected chi connectivity index (χ2v) is 6.28. The highest BCUT2D eigenvalue weighted by Gasteiger charge is 2.08. The average molecular weight is 297 g/mol. The molecule has 5 nitrogen and oxygen atoms in total. The molecule has 2 N–H and O–H groups in total. The van der Waals surface area contributed by atoms with Gasteiger partial charge in [0, 0.05) is 24.6 Å². The van der Waals surface area contributed by atoms with Crippen LogP contribution in [0.25, 0.3) is 0 Å². The number of anilines is 2. The Labute approximate surface area is 117 Å². The predicted octanol–water partition coefficient (Wildman–Crippen LogP) is 2.15. The zero-order valence-corrected chi connectivity index (χ0v) is 12.0. The smallest absolute Gasteiger partial charge is 0.229 e. The van der Waals surface area contributed by atoms with Crippen LogP contribution >= 0.6 is 0 Å². The van der Waals surface area contributed by atoms with E-state index in [9.17, 15) is 12.8 Å². The summed E-state index contributed by atoms with van der Waals surface area (Å²) in [5, 5.41) is 3.12. The first-order valence-electron chi connectivity index (χ1n) is 5.96. The van der Waals surface area contributed by atoms with Crippen LogP contribution in [-0.4, -0.2) is 19.2 Å². The molecule has 0 aliphatic heterocycles. The van der Waals surface area contributed by atoms with Crippen LogP contribution < -0.4 is 10.0 Å². The van der Waals surface area contributed by atoms with Crippen LogP contribution in [0.3, 0.4) is 0 Å². The van der Waals surface area contributed by atoms with E-state index in [1.807, 2.05) is 29.9 Å². The van der Waals surface area contributed by atoms with Crippen LogP contribution in [0.4, 0.5) is 15.8 Å². The largest absolute Gasteiger partial charge is 0.379 e. The number of hydrogen-bond donors (Lipinski definition) is 2. The minimum absolute atomic E-state index is 0.0654. The van der Waals surface area contributed by atoms with E-state index < -0.39 is 15.8 Å². The van der Waals surface area contributed by atoms with E-state index in [1.54, 1.807) is 6.07 Å². The molecule has 108 valence electrons. The highest BCUT2D eigenvalue weighted by Crippen LogP contribution is 2.21. The number of nitrogens with one attached hydrogen (secondary N) is 2. The van der Waals surface area contributed by atoms with Gasteiger partial charge in [-0.2, -0.15) is 0 Å². The quantitative estimate of drug-likeness (QED) is 0.889. The van der Waals surface area contributed by atoms with Gasteiger partial charge in [0.25, 0.3) is 0 Å². The molecule has 0 aliphatic carbocycles. The molecule has 0 saturated heterocycles. The van der Waals surface area contributed by atoms with Gasteiger partial charge in [-0.05, 0) is 30.3 Å². The maximum Gasteiger partial charge on any atom is 0.229 e. The summed E-state index contributed by atoms with van der Waals surface area (Å²) in [4.78, 5) is 0. The van der Waals surface area contributed by atoms with E-state index in [0.29, 0.717) is 12.2 Å². The number of nitrogens with zero attached hydrogens (tertiary/aromatic N) is 1. The van der Waals surface area contributed by atoms with E-state index >= 15 is 0 Å². The third-order valence-electron chi connectivity index (χ3n) is 2.79. The molecule has 2 rings (SSSR count). The van der Waals surface area contributed by atoms with E-state index in [-0.39, 0.29) is 5.69 Å². The van der Waals surface area contributed by atoms with Crippen molar-refractivity contribution in [2.75, 3.05) is 16.3 Å². The van der Waals surface area contributed by atoms with E-state index in [4.69, 9.17) is 0 Å². The van der Waals surface area contributed by atoms with E-state index in [1.165, 1.54) is 12.1 Å². The molecule has 0 amide bonds. The minimum atomic E-state index is -3.50. The van der Waals surface area contributed by atoms with Gasteiger partial charge in [-0.1, -0.05) is 0 Å². The summed E-state index contributed by atoms with van der Waals surface area (Å²) in [5.41, 5.74) is 1.63. The highest BCUT2D eigenvalue weighted by atomic mass is 32.2. The van der Waals surface area contributed by atoms with Crippen molar-refractivity contribution in [1.29, 1.82) is 0 Å². The second-order valence-electron chi connectivity index (χ2n) is 4.53. The van der Waals surface area contributed by atoms with E-state index in [2.05, 4.69) is 10.0 Å². The molecule has 1 heterocycles. The molecular weight excluding hydrogens is 281 g/mol. The molecule has 0 fully saturated rings. The van der Waals surface area contributed by atoms with Crippen molar-refractivity contribution in [3.8, 4) is 0 Å². The number of aromatic nitrogens is 1. The van der Waals surface area contributed by atoms with Crippen molar-refractivity contribution < 1.29 is 12.8 Å². The lowest BCUT2D eigenvalue weighted by atomic mass is 10.2. The lowest BCUT2D eigenvalue weighted by Crippen LogP contribution is -2.11. The number of hydrogen-bond acceptors (Lipinski definition) is 3. The molecule has 0 unspecified atom stereocenters. The summed E-state index contributed by atoms with van der Waals surface area (Å²) in [5.74, 6) is -0.611. The van der Waals surface area contributed by atoms with Crippen LogP contribution in [-0.2, 0) is 23.6 Å². The Balaban J connectivity index is 2.13. The molecule has 20 heavy (non-hydrogen) atoms. The molecule has 0 aliphatic rings. The molecule has 0 atom stereocenters. The fourth-order valence-electron chi connectivity index (χ4n) is 1.79. The van der Waals surface area contributed by atoms with Gasteiger partial charge in [0.05, 0.1) is 18.5 Å². The molecule has 0 spiro atoms. The lowest BCUT2D eigenvalue weighted by molar-refractivity contribution is 0.604. The van der Waals surface area contributed by atoms with Gasteiger partial charge in [-0.25, -0.2) is 12.8 Å². The maximum absolute atomic E-state index is 13.5. The summed E-state index contributed by atoms with van der Waals surface area (Å²) in [6.45, 7) is 0.563. The molecular formula is C13H16FN3O2S. The summed E-state index contributed by atoms with van der Waals surface area (Å²) in [6.07, 6.45) is 2.91. The Bertz CT molecular complexity index is 710. The van der Waals surface area contributed by atoms with Crippen molar-refractivity contribution in [1.82, 2.24) is 4.57 Å². The topological polar surface area (TPSA) is 63.1 Å². The number of rotatable bonds is 5. The lowest BCUT2D eigenvalue weighted by Gasteiger charge is -2.10. The van der Waals surface area contributed by atoms with Crippen molar-refractivity contribution in [3.63, 3.8) is 0 Å². The number of benzene rings is 1. The van der Waals surface area contributed by atoms with Crippen LogP contribution in [0.2, 0.25) is 0 Å². The second kappa shape index (κ2) is 5.54. The minimum Gasteiger partial charge on any atom is -0.379 e. The molecule has 0 bridgehead atoms. The van der Waals surface area contributed by atoms with Gasteiger partial charge in [0.1, 0.15) is 5.82 Å². The third kappa shape index (κ3) is 3.74. The van der Waals surface area contributed by atoms with E-state index in [0.717, 1.165) is 11.9 Å². The fraction of sp³-hybridized carbons (Fsp3) is 0.231. The van der Waals surface area contributed by atoms with Crippen molar-refractivity contribution in [3.05, 3.63) is 48.0 Å². The summed E-state index contributed by atoms with van der Waals surface area (Å²) >= 11 is 0. The van der Waals surface area contributed by atoms with Crippen LogP contribution in [0.1, 0.15) is 5.69 Å². The molecule has 1 aromatic heterocycles. The van der Waals surface area contributed by atoms with Gasteiger partial charge >= 0.3 is 0 Å². The molecule has 1 aromatic carbocycles. The summed E-state index contributed by atoms with van der Waals surface area (Å²) < 4.78 is 39.9. The molecule has 0 radical (unpaired) electrons. The van der Waals surface area contributed by atoms with Gasteiger partial charge in [0.2, 0.25) is 10.0 Å². The normalized spacial score (nSPS) is 11.3. The fourth-order valence-corrected chi connectivity index (χ4v) is 2.34. The van der Waals surface area contributed by atoms with Crippen LogP contribution in [0.15, 0.2) is 36.5 Å². The zero-order chi connectivity index (χ0) is 14.8. The molecule has 2 aromatic rings. The SMILES string of the molecule is Cn1cccc1CNc1ccc(F)c(NS(C)(=O)=O)c1.